The van der Waals surface area contributed by atoms with Gasteiger partial charge in [0.15, 0.2) is 9.84 Å². The summed E-state index contributed by atoms with van der Waals surface area (Å²) in [6.45, 7) is 2.60. The van der Waals surface area contributed by atoms with Gasteiger partial charge in [0, 0.05) is 18.2 Å². The quantitative estimate of drug-likeness (QED) is 0.846. The van der Waals surface area contributed by atoms with Crippen molar-refractivity contribution >= 4 is 21.8 Å². The Morgan fingerprint density at radius 2 is 2.14 bits per heavy atom. The molecule has 0 spiro atoms. The Bertz CT molecular complexity index is 723. The van der Waals surface area contributed by atoms with Gasteiger partial charge in [-0.25, -0.2) is 8.42 Å². The molecule has 2 aliphatic heterocycles. The molecule has 0 saturated carbocycles. The molecule has 118 valence electrons. The van der Waals surface area contributed by atoms with Crippen LogP contribution in [-0.2, 0) is 14.6 Å². The van der Waals surface area contributed by atoms with Gasteiger partial charge in [0.25, 0.3) is 5.91 Å². The molecule has 5 nitrogen and oxygen atoms in total. The Kier molecular flexibility index (Phi) is 3.95. The molecule has 6 heteroatoms. The second-order valence-electron chi connectivity index (χ2n) is 5.64. The summed E-state index contributed by atoms with van der Waals surface area (Å²) < 4.78 is 28.9. The van der Waals surface area contributed by atoms with Crippen LogP contribution < -0.4 is 4.74 Å². The van der Waals surface area contributed by atoms with Gasteiger partial charge in [-0.15, -0.1) is 0 Å². The van der Waals surface area contributed by atoms with E-state index in [4.69, 9.17) is 4.74 Å². The summed E-state index contributed by atoms with van der Waals surface area (Å²) in [5.74, 6) is 0.876. The molecule has 0 aliphatic carbocycles. The van der Waals surface area contributed by atoms with Crippen molar-refractivity contribution in [3.63, 3.8) is 0 Å². The van der Waals surface area contributed by atoms with Gasteiger partial charge in [-0.05, 0) is 25.5 Å². The highest BCUT2D eigenvalue weighted by atomic mass is 32.2. The van der Waals surface area contributed by atoms with E-state index < -0.39 is 9.84 Å². The topological polar surface area (TPSA) is 63.7 Å². The Morgan fingerprint density at radius 1 is 1.36 bits per heavy atom. The molecule has 1 unspecified atom stereocenters. The Hall–Kier alpha value is -1.82. The molecule has 1 aromatic carbocycles. The number of nitrogens with zero attached hydrogens (tertiary/aromatic N) is 1. The number of sulfone groups is 1. The molecular weight excluding hydrogens is 302 g/mol. The van der Waals surface area contributed by atoms with Crippen LogP contribution in [0.15, 0.2) is 29.8 Å². The number of para-hydroxylation sites is 1. The van der Waals surface area contributed by atoms with E-state index in [1.807, 2.05) is 37.3 Å². The summed E-state index contributed by atoms with van der Waals surface area (Å²) in [6.07, 6.45) is 2.36. The van der Waals surface area contributed by atoms with Crippen LogP contribution >= 0.6 is 0 Å². The highest BCUT2D eigenvalue weighted by molar-refractivity contribution is 7.91. The van der Waals surface area contributed by atoms with Gasteiger partial charge >= 0.3 is 0 Å². The van der Waals surface area contributed by atoms with Crippen LogP contribution in [0.25, 0.3) is 6.08 Å². The SMILES string of the molecule is CCN(C(=O)C1=Cc2ccccc2OC1)C1CCS(=O)(=O)C1. The highest BCUT2D eigenvalue weighted by Gasteiger charge is 2.35. The van der Waals surface area contributed by atoms with Gasteiger partial charge in [0.05, 0.1) is 17.1 Å². The summed E-state index contributed by atoms with van der Waals surface area (Å²) in [4.78, 5) is 14.4. The first-order chi connectivity index (χ1) is 10.5. The molecule has 1 aromatic rings. The summed E-state index contributed by atoms with van der Waals surface area (Å²) >= 11 is 0. The number of carbonyl (C=O) groups excluding carboxylic acids is 1. The van der Waals surface area contributed by atoms with Crippen LogP contribution in [0.3, 0.4) is 0 Å². The molecule has 3 rings (SSSR count). The predicted octanol–water partition coefficient (Wildman–Crippen LogP) is 1.50. The Balaban J connectivity index is 1.82. The van der Waals surface area contributed by atoms with Crippen LogP contribution in [0.1, 0.15) is 18.9 Å². The normalized spacial score (nSPS) is 22.4. The lowest BCUT2D eigenvalue weighted by molar-refractivity contribution is -0.129. The number of ether oxygens (including phenoxy) is 1. The minimum absolute atomic E-state index is 0.0668. The summed E-state index contributed by atoms with van der Waals surface area (Å²) in [6, 6.07) is 7.33. The number of hydrogen-bond donors (Lipinski definition) is 0. The van der Waals surface area contributed by atoms with E-state index in [9.17, 15) is 13.2 Å². The molecule has 0 N–H and O–H groups in total. The van der Waals surface area contributed by atoms with E-state index in [-0.39, 0.29) is 30.1 Å². The van der Waals surface area contributed by atoms with Crippen molar-refractivity contribution in [2.45, 2.75) is 19.4 Å². The van der Waals surface area contributed by atoms with E-state index in [0.717, 1.165) is 11.3 Å². The summed E-state index contributed by atoms with van der Waals surface area (Å²) in [5, 5.41) is 0. The third-order valence-electron chi connectivity index (χ3n) is 4.16. The van der Waals surface area contributed by atoms with E-state index >= 15 is 0 Å². The number of rotatable bonds is 3. The molecule has 2 aliphatic rings. The first kappa shape index (κ1) is 15.1. The van der Waals surface area contributed by atoms with E-state index in [2.05, 4.69) is 0 Å². The van der Waals surface area contributed by atoms with Gasteiger partial charge in [-0.2, -0.15) is 0 Å². The second kappa shape index (κ2) is 5.76. The van der Waals surface area contributed by atoms with E-state index in [1.165, 1.54) is 0 Å². The molecular formula is C16H19NO4S. The first-order valence-electron chi connectivity index (χ1n) is 7.44. The van der Waals surface area contributed by atoms with Gasteiger partial charge in [0.1, 0.15) is 12.4 Å². The fraction of sp³-hybridized carbons (Fsp3) is 0.438. The Labute approximate surface area is 130 Å². The maximum absolute atomic E-state index is 12.7. The number of likely N-dealkylation sites (N-methyl/N-ethyl adjacent to an activating group) is 1. The minimum atomic E-state index is -3.01. The second-order valence-corrected chi connectivity index (χ2v) is 7.87. The summed E-state index contributed by atoms with van der Waals surface area (Å²) in [5.41, 5.74) is 1.46. The fourth-order valence-corrected chi connectivity index (χ4v) is 4.74. The van der Waals surface area contributed by atoms with Crippen molar-refractivity contribution in [1.82, 2.24) is 4.90 Å². The number of fused-ring (bicyclic) bond motifs is 1. The van der Waals surface area contributed by atoms with Crippen LogP contribution in [0.4, 0.5) is 0 Å². The van der Waals surface area contributed by atoms with Gasteiger partial charge in [-0.3, -0.25) is 4.79 Å². The molecule has 1 saturated heterocycles. The van der Waals surface area contributed by atoms with E-state index in [0.29, 0.717) is 18.5 Å². The Morgan fingerprint density at radius 3 is 2.82 bits per heavy atom. The zero-order valence-corrected chi connectivity index (χ0v) is 13.3. The number of amides is 1. The van der Waals surface area contributed by atoms with Crippen LogP contribution in [0.5, 0.6) is 5.75 Å². The monoisotopic (exact) mass is 321 g/mol. The molecule has 0 radical (unpaired) electrons. The zero-order valence-electron chi connectivity index (χ0n) is 12.5. The average molecular weight is 321 g/mol. The van der Waals surface area contributed by atoms with Crippen molar-refractivity contribution in [2.24, 2.45) is 0 Å². The van der Waals surface area contributed by atoms with E-state index in [1.54, 1.807) is 4.90 Å². The standard InChI is InChI=1S/C16H19NO4S/c1-2-17(14-7-8-22(19,20)11-14)16(18)13-9-12-5-3-4-6-15(12)21-10-13/h3-6,9,14H,2,7-8,10-11H2,1H3. The lowest BCUT2D eigenvalue weighted by atomic mass is 10.1. The lowest BCUT2D eigenvalue weighted by Gasteiger charge is -2.29. The number of hydrogen-bond acceptors (Lipinski definition) is 4. The van der Waals surface area contributed by atoms with Gasteiger partial charge in [0.2, 0.25) is 0 Å². The smallest absolute Gasteiger partial charge is 0.253 e. The summed E-state index contributed by atoms with van der Waals surface area (Å²) in [7, 11) is -3.01. The molecule has 1 amide bonds. The molecule has 0 bridgehead atoms. The zero-order chi connectivity index (χ0) is 15.7. The van der Waals surface area contributed by atoms with Crippen molar-refractivity contribution in [3.8, 4) is 5.75 Å². The number of carbonyl (C=O) groups is 1. The maximum atomic E-state index is 12.7. The number of benzene rings is 1. The lowest BCUT2D eigenvalue weighted by Crippen LogP contribution is -2.42. The minimum Gasteiger partial charge on any atom is -0.488 e. The molecule has 22 heavy (non-hydrogen) atoms. The van der Waals surface area contributed by atoms with Gasteiger partial charge < -0.3 is 9.64 Å². The van der Waals surface area contributed by atoms with Crippen LogP contribution in [-0.4, -0.2) is 49.9 Å². The van der Waals surface area contributed by atoms with Crippen molar-refractivity contribution < 1.29 is 17.9 Å². The van der Waals surface area contributed by atoms with Crippen molar-refractivity contribution in [3.05, 3.63) is 35.4 Å². The molecule has 1 atom stereocenters. The molecule has 0 aromatic heterocycles. The molecule has 1 fully saturated rings. The van der Waals surface area contributed by atoms with Crippen LogP contribution in [0, 0.1) is 0 Å². The fourth-order valence-electron chi connectivity index (χ4n) is 3.01. The highest BCUT2D eigenvalue weighted by Crippen LogP contribution is 2.27. The average Bonchev–Trinajstić information content (AvgIpc) is 2.87. The predicted molar refractivity (Wildman–Crippen MR) is 84.4 cm³/mol. The maximum Gasteiger partial charge on any atom is 0.253 e. The van der Waals surface area contributed by atoms with Crippen LogP contribution in [0.2, 0.25) is 0 Å². The largest absolute Gasteiger partial charge is 0.488 e. The first-order valence-corrected chi connectivity index (χ1v) is 9.26. The van der Waals surface area contributed by atoms with Crippen molar-refractivity contribution in [1.29, 1.82) is 0 Å². The third kappa shape index (κ3) is 2.88. The third-order valence-corrected chi connectivity index (χ3v) is 5.91. The van der Waals surface area contributed by atoms with Crippen molar-refractivity contribution in [2.75, 3.05) is 24.7 Å². The molecule has 2 heterocycles. The van der Waals surface area contributed by atoms with Gasteiger partial charge in [-0.1, -0.05) is 18.2 Å².